The minimum Gasteiger partial charge on any atom is -0.382 e. The van der Waals surface area contributed by atoms with Gasteiger partial charge in [0.25, 0.3) is 0 Å². The Kier molecular flexibility index (Phi) is 3.42. The molecule has 0 amide bonds. The molecule has 0 bridgehead atoms. The van der Waals surface area contributed by atoms with Gasteiger partial charge in [-0.2, -0.15) is 0 Å². The third-order valence-corrected chi connectivity index (χ3v) is 3.67. The van der Waals surface area contributed by atoms with E-state index in [0.717, 1.165) is 38.7 Å². The van der Waals surface area contributed by atoms with Crippen LogP contribution in [0.2, 0.25) is 0 Å². The molecular weight excluding hydrogens is 192 g/mol. The van der Waals surface area contributed by atoms with Crippen molar-refractivity contribution in [3.05, 3.63) is 0 Å². The maximum atomic E-state index is 12.1. The van der Waals surface area contributed by atoms with Crippen LogP contribution in [-0.2, 0) is 9.53 Å². The highest BCUT2D eigenvalue weighted by atomic mass is 16.5. The van der Waals surface area contributed by atoms with Crippen LogP contribution in [0.1, 0.15) is 44.9 Å². The van der Waals surface area contributed by atoms with E-state index in [9.17, 15) is 9.90 Å². The number of carbonyl (C=O) groups excluding carboxylic acids is 1. The van der Waals surface area contributed by atoms with E-state index in [1.807, 2.05) is 0 Å². The molecule has 2 rings (SSSR count). The number of ether oxygens (including phenoxy) is 1. The smallest absolute Gasteiger partial charge is 0.169 e. The highest BCUT2D eigenvalue weighted by molar-refractivity contribution is 5.89. The second kappa shape index (κ2) is 4.62. The average Bonchev–Trinajstić information content (AvgIpc) is 2.30. The Morgan fingerprint density at radius 1 is 1.20 bits per heavy atom. The van der Waals surface area contributed by atoms with Crippen LogP contribution in [0.3, 0.4) is 0 Å². The fourth-order valence-corrected chi connectivity index (χ4v) is 2.71. The van der Waals surface area contributed by atoms with Crippen molar-refractivity contribution < 1.29 is 14.6 Å². The number of carbonyl (C=O) groups is 1. The van der Waals surface area contributed by atoms with E-state index >= 15 is 0 Å². The van der Waals surface area contributed by atoms with Gasteiger partial charge in [-0.15, -0.1) is 0 Å². The fraction of sp³-hybridized carbons (Fsp3) is 0.917. The van der Waals surface area contributed by atoms with Gasteiger partial charge in [0, 0.05) is 12.5 Å². The van der Waals surface area contributed by atoms with Gasteiger partial charge in [0.1, 0.15) is 5.60 Å². The molecule has 1 saturated heterocycles. The number of hydrogen-bond acceptors (Lipinski definition) is 3. The van der Waals surface area contributed by atoms with Gasteiger partial charge in [-0.05, 0) is 25.7 Å². The van der Waals surface area contributed by atoms with Crippen LogP contribution in [0.15, 0.2) is 0 Å². The lowest BCUT2D eigenvalue weighted by atomic mass is 9.76. The summed E-state index contributed by atoms with van der Waals surface area (Å²) in [6.45, 7) is 1.28. The van der Waals surface area contributed by atoms with Crippen molar-refractivity contribution >= 4 is 5.78 Å². The molecule has 86 valence electrons. The van der Waals surface area contributed by atoms with Gasteiger partial charge in [-0.1, -0.05) is 19.3 Å². The van der Waals surface area contributed by atoms with Crippen molar-refractivity contribution in [2.45, 2.75) is 50.5 Å². The molecular formula is C12H20O3. The lowest BCUT2D eigenvalue weighted by molar-refractivity contribution is -0.149. The van der Waals surface area contributed by atoms with E-state index in [1.54, 1.807) is 0 Å². The van der Waals surface area contributed by atoms with Crippen molar-refractivity contribution in [3.8, 4) is 0 Å². The molecule has 15 heavy (non-hydrogen) atoms. The number of Topliss-reactive ketones (excluding diaryl/α,β-unsaturated/α-hetero) is 1. The third kappa shape index (κ3) is 2.40. The summed E-state index contributed by atoms with van der Waals surface area (Å²) in [5.41, 5.74) is -1.02. The predicted molar refractivity (Wildman–Crippen MR) is 56.6 cm³/mol. The van der Waals surface area contributed by atoms with E-state index in [0.29, 0.717) is 19.4 Å². The van der Waals surface area contributed by atoms with Crippen molar-refractivity contribution in [1.82, 2.24) is 0 Å². The molecule has 1 atom stereocenters. The van der Waals surface area contributed by atoms with Crippen molar-refractivity contribution in [2.24, 2.45) is 5.92 Å². The van der Waals surface area contributed by atoms with Gasteiger partial charge < -0.3 is 9.84 Å². The molecule has 1 heterocycles. The molecule has 1 saturated carbocycles. The number of rotatable bonds is 2. The normalized spacial score (nSPS) is 31.1. The van der Waals surface area contributed by atoms with E-state index in [1.165, 1.54) is 0 Å². The Balaban J connectivity index is 1.98. The van der Waals surface area contributed by atoms with E-state index in [4.69, 9.17) is 4.74 Å². The van der Waals surface area contributed by atoms with Gasteiger partial charge in [-0.3, -0.25) is 4.79 Å². The van der Waals surface area contributed by atoms with Crippen molar-refractivity contribution in [1.29, 1.82) is 0 Å². The summed E-state index contributed by atoms with van der Waals surface area (Å²) in [4.78, 5) is 12.1. The number of aliphatic hydroxyl groups is 1. The zero-order chi connectivity index (χ0) is 10.7. The monoisotopic (exact) mass is 212 g/mol. The summed E-state index contributed by atoms with van der Waals surface area (Å²) in [5.74, 6) is -0.0104. The first-order chi connectivity index (χ1) is 7.22. The molecule has 0 aromatic carbocycles. The SMILES string of the molecule is O=C(C1CCCOC1)C1(O)CCCCC1. The molecule has 3 nitrogen and oxygen atoms in total. The highest BCUT2D eigenvalue weighted by Crippen LogP contribution is 2.32. The average molecular weight is 212 g/mol. The van der Waals surface area contributed by atoms with Crippen molar-refractivity contribution in [3.63, 3.8) is 0 Å². The Morgan fingerprint density at radius 3 is 2.53 bits per heavy atom. The summed E-state index contributed by atoms with van der Waals surface area (Å²) < 4.78 is 5.31. The molecule has 0 aromatic heterocycles. The fourth-order valence-electron chi connectivity index (χ4n) is 2.71. The van der Waals surface area contributed by atoms with Gasteiger partial charge in [-0.25, -0.2) is 0 Å². The molecule has 3 heteroatoms. The Hall–Kier alpha value is -0.410. The summed E-state index contributed by atoms with van der Waals surface area (Å²) in [6.07, 6.45) is 6.26. The van der Waals surface area contributed by atoms with Crippen LogP contribution >= 0.6 is 0 Å². The first kappa shape index (κ1) is 11.1. The van der Waals surface area contributed by atoms with Crippen LogP contribution in [0.4, 0.5) is 0 Å². The summed E-state index contributed by atoms with van der Waals surface area (Å²) in [5, 5.41) is 10.3. The Morgan fingerprint density at radius 2 is 1.93 bits per heavy atom. The van der Waals surface area contributed by atoms with Crippen LogP contribution in [0.25, 0.3) is 0 Å². The summed E-state index contributed by atoms with van der Waals surface area (Å²) >= 11 is 0. The minimum atomic E-state index is -1.02. The first-order valence-electron chi connectivity index (χ1n) is 6.07. The van der Waals surface area contributed by atoms with Gasteiger partial charge in [0.05, 0.1) is 6.61 Å². The number of ketones is 1. The molecule has 0 radical (unpaired) electrons. The standard InChI is InChI=1S/C12H20O3/c13-11(10-5-4-8-15-9-10)12(14)6-2-1-3-7-12/h10,14H,1-9H2. The van der Waals surface area contributed by atoms with E-state index in [-0.39, 0.29) is 11.7 Å². The van der Waals surface area contributed by atoms with Gasteiger partial charge in [0.2, 0.25) is 0 Å². The quantitative estimate of drug-likeness (QED) is 0.757. The largest absolute Gasteiger partial charge is 0.382 e. The predicted octanol–water partition coefficient (Wildman–Crippen LogP) is 1.68. The second-order valence-electron chi connectivity index (χ2n) is 4.87. The topological polar surface area (TPSA) is 46.5 Å². The molecule has 0 aromatic rings. The first-order valence-corrected chi connectivity index (χ1v) is 6.07. The maximum Gasteiger partial charge on any atom is 0.169 e. The Bertz CT molecular complexity index is 225. The lowest BCUT2D eigenvalue weighted by Crippen LogP contribution is -2.46. The number of hydrogen-bond donors (Lipinski definition) is 1. The molecule has 1 aliphatic heterocycles. The van der Waals surface area contributed by atoms with Crippen LogP contribution in [0, 0.1) is 5.92 Å². The second-order valence-corrected chi connectivity index (χ2v) is 4.87. The zero-order valence-electron chi connectivity index (χ0n) is 9.21. The Labute approximate surface area is 90.8 Å². The third-order valence-electron chi connectivity index (χ3n) is 3.67. The molecule has 1 aliphatic carbocycles. The molecule has 1 N–H and O–H groups in total. The molecule has 0 spiro atoms. The minimum absolute atomic E-state index is 0.0434. The van der Waals surface area contributed by atoms with Crippen LogP contribution in [-0.4, -0.2) is 29.7 Å². The van der Waals surface area contributed by atoms with E-state index < -0.39 is 5.60 Å². The zero-order valence-corrected chi connectivity index (χ0v) is 9.21. The van der Waals surface area contributed by atoms with E-state index in [2.05, 4.69) is 0 Å². The van der Waals surface area contributed by atoms with Gasteiger partial charge >= 0.3 is 0 Å². The summed E-state index contributed by atoms with van der Waals surface area (Å²) in [6, 6.07) is 0. The van der Waals surface area contributed by atoms with Gasteiger partial charge in [0.15, 0.2) is 5.78 Å². The molecule has 2 aliphatic rings. The van der Waals surface area contributed by atoms with Crippen molar-refractivity contribution in [2.75, 3.05) is 13.2 Å². The lowest BCUT2D eigenvalue weighted by Gasteiger charge is -2.34. The molecule has 2 fully saturated rings. The van der Waals surface area contributed by atoms with Crippen LogP contribution < -0.4 is 0 Å². The van der Waals surface area contributed by atoms with Crippen LogP contribution in [0.5, 0.6) is 0 Å². The highest BCUT2D eigenvalue weighted by Gasteiger charge is 2.41. The summed E-state index contributed by atoms with van der Waals surface area (Å²) in [7, 11) is 0. The molecule has 1 unspecified atom stereocenters. The maximum absolute atomic E-state index is 12.1.